The number of β-amino-alcohol motifs (C(OH)–C–C–N with tert-alkyl or cyclic N) is 1. The van der Waals surface area contributed by atoms with E-state index in [1.807, 2.05) is 64.4 Å². The van der Waals surface area contributed by atoms with Crippen molar-refractivity contribution in [3.8, 4) is 10.4 Å². The van der Waals surface area contributed by atoms with E-state index in [4.69, 9.17) is 5.11 Å². The first kappa shape index (κ1) is 33.2. The third-order valence-corrected chi connectivity index (χ3v) is 8.58. The normalized spacial score (nSPS) is 18.4. The molecule has 1 aliphatic rings. The Balaban J connectivity index is 1.62. The first-order valence-electron chi connectivity index (χ1n) is 14.6. The molecular weight excluding hydrogens is 556 g/mol. The zero-order valence-corrected chi connectivity index (χ0v) is 26.0. The molecule has 0 radical (unpaired) electrons. The van der Waals surface area contributed by atoms with E-state index in [9.17, 15) is 24.3 Å². The number of carbonyl (C=O) groups is 4. The number of carboxylic acid groups (broad SMARTS) is 1. The molecule has 1 aliphatic heterocycles. The van der Waals surface area contributed by atoms with Crippen LogP contribution < -0.4 is 10.6 Å². The lowest BCUT2D eigenvalue weighted by molar-refractivity contribution is -0.144. The van der Waals surface area contributed by atoms with Gasteiger partial charge in [0.15, 0.2) is 0 Å². The highest BCUT2D eigenvalue weighted by Crippen LogP contribution is 2.29. The van der Waals surface area contributed by atoms with Crippen LogP contribution in [0.15, 0.2) is 29.8 Å². The number of thiazole rings is 1. The molecule has 42 heavy (non-hydrogen) atoms. The topological polar surface area (TPSA) is 149 Å². The van der Waals surface area contributed by atoms with Crippen LogP contribution in [0.5, 0.6) is 0 Å². The number of rotatable bonds is 13. The van der Waals surface area contributed by atoms with Crippen molar-refractivity contribution in [2.45, 2.75) is 104 Å². The molecule has 2 heterocycles. The minimum Gasteiger partial charge on any atom is -0.481 e. The summed E-state index contributed by atoms with van der Waals surface area (Å²) in [6.07, 6.45) is 2.21. The minimum absolute atomic E-state index is 0.0141. The van der Waals surface area contributed by atoms with Crippen molar-refractivity contribution in [2.75, 3.05) is 6.54 Å². The van der Waals surface area contributed by atoms with Crippen molar-refractivity contribution in [2.24, 2.45) is 5.41 Å². The number of nitrogens with one attached hydrogen (secondary N) is 2. The average Bonchev–Trinajstić information content (AvgIpc) is 3.53. The van der Waals surface area contributed by atoms with Crippen LogP contribution >= 0.6 is 11.3 Å². The van der Waals surface area contributed by atoms with Gasteiger partial charge in [-0.2, -0.15) is 0 Å². The molecule has 11 heteroatoms. The summed E-state index contributed by atoms with van der Waals surface area (Å²) in [6, 6.07) is 5.87. The molecule has 4 N–H and O–H groups in total. The largest absolute Gasteiger partial charge is 0.481 e. The van der Waals surface area contributed by atoms with Gasteiger partial charge in [0.25, 0.3) is 0 Å². The lowest BCUT2D eigenvalue weighted by Gasteiger charge is -2.35. The second-order valence-corrected chi connectivity index (χ2v) is 13.0. The molecule has 3 rings (SSSR count). The number of aromatic nitrogens is 1. The molecule has 1 aromatic heterocycles. The fourth-order valence-electron chi connectivity index (χ4n) is 5.16. The Labute approximate surface area is 251 Å². The zero-order valence-electron chi connectivity index (χ0n) is 25.2. The highest BCUT2D eigenvalue weighted by molar-refractivity contribution is 7.13. The Bertz CT molecular complexity index is 1240. The third kappa shape index (κ3) is 9.09. The molecule has 230 valence electrons. The smallest absolute Gasteiger partial charge is 0.303 e. The van der Waals surface area contributed by atoms with Gasteiger partial charge in [-0.1, -0.05) is 57.9 Å². The van der Waals surface area contributed by atoms with Gasteiger partial charge in [0.2, 0.25) is 17.7 Å². The molecule has 3 amide bonds. The van der Waals surface area contributed by atoms with E-state index in [0.29, 0.717) is 12.8 Å². The summed E-state index contributed by atoms with van der Waals surface area (Å²) in [5, 5.41) is 25.1. The molecule has 1 saturated heterocycles. The van der Waals surface area contributed by atoms with Crippen LogP contribution in [-0.2, 0) is 19.2 Å². The predicted octanol–water partition coefficient (Wildman–Crippen LogP) is 4.21. The molecule has 0 bridgehead atoms. The van der Waals surface area contributed by atoms with Crippen LogP contribution in [0.4, 0.5) is 0 Å². The van der Waals surface area contributed by atoms with Crippen LogP contribution in [0.3, 0.4) is 0 Å². The van der Waals surface area contributed by atoms with Crippen LogP contribution in [0.1, 0.15) is 89.9 Å². The van der Waals surface area contributed by atoms with Crippen molar-refractivity contribution < 1.29 is 29.4 Å². The molecule has 0 spiro atoms. The van der Waals surface area contributed by atoms with Crippen molar-refractivity contribution in [1.82, 2.24) is 20.5 Å². The van der Waals surface area contributed by atoms with Gasteiger partial charge in [0.1, 0.15) is 12.1 Å². The summed E-state index contributed by atoms with van der Waals surface area (Å²) >= 11 is 1.58. The van der Waals surface area contributed by atoms with Gasteiger partial charge in [-0.05, 0) is 43.2 Å². The standard InChI is InChI=1S/C31H44N4O6S/c1-19(21-12-14-22(15-13-21)27-20(2)32-18-42-27)33-29(40)24-16-23(36)17-35(24)30(41)28(31(3,4)5)34-25(37)10-8-6-7-9-11-26(38)39/h12-15,18-19,23-24,28,36H,6-11,16-17H2,1-5H3,(H,33,40)(H,34,37)(H,38,39)/t19-,23+,24-,28?/m0/s1. The summed E-state index contributed by atoms with van der Waals surface area (Å²) in [6.45, 7) is 9.41. The first-order valence-corrected chi connectivity index (χ1v) is 15.5. The predicted molar refractivity (Wildman–Crippen MR) is 162 cm³/mol. The summed E-state index contributed by atoms with van der Waals surface area (Å²) in [7, 11) is 0. The molecular formula is C31H44N4O6S. The molecule has 1 aromatic carbocycles. The van der Waals surface area contributed by atoms with Crippen molar-refractivity contribution >= 4 is 35.0 Å². The zero-order chi connectivity index (χ0) is 31.0. The Morgan fingerprint density at radius 2 is 1.69 bits per heavy atom. The number of hydrogen-bond donors (Lipinski definition) is 4. The molecule has 10 nitrogen and oxygen atoms in total. The Morgan fingerprint density at radius 3 is 2.26 bits per heavy atom. The lowest BCUT2D eigenvalue weighted by Crippen LogP contribution is -2.57. The SMILES string of the molecule is Cc1ncsc1-c1ccc([C@H](C)NC(=O)[C@@H]2C[C@@H](O)CN2C(=O)C(NC(=O)CCCCCCC(=O)O)C(C)(C)C)cc1. The number of carbonyl (C=O) groups excluding carboxylic acids is 3. The van der Waals surface area contributed by atoms with Crippen LogP contribution in [0, 0.1) is 12.3 Å². The first-order chi connectivity index (χ1) is 19.8. The van der Waals surface area contributed by atoms with E-state index < -0.39 is 35.5 Å². The Hall–Kier alpha value is -3.31. The highest BCUT2D eigenvalue weighted by atomic mass is 32.1. The van der Waals surface area contributed by atoms with Gasteiger partial charge >= 0.3 is 5.97 Å². The number of carboxylic acids is 1. The van der Waals surface area contributed by atoms with Crippen molar-refractivity contribution in [3.63, 3.8) is 0 Å². The van der Waals surface area contributed by atoms with Crippen LogP contribution in [0.25, 0.3) is 10.4 Å². The average molecular weight is 601 g/mol. The summed E-state index contributed by atoms with van der Waals surface area (Å²) in [5.74, 6) is -1.85. The molecule has 1 unspecified atom stereocenters. The second-order valence-electron chi connectivity index (χ2n) is 12.2. The number of amides is 3. The number of hydrogen-bond acceptors (Lipinski definition) is 7. The van der Waals surface area contributed by atoms with Gasteiger partial charge in [-0.15, -0.1) is 11.3 Å². The van der Waals surface area contributed by atoms with Crippen LogP contribution in [0.2, 0.25) is 0 Å². The minimum atomic E-state index is -0.877. The van der Waals surface area contributed by atoms with E-state index in [1.165, 1.54) is 4.90 Å². The maximum atomic E-state index is 13.8. The highest BCUT2D eigenvalue weighted by Gasteiger charge is 2.44. The molecule has 1 fully saturated rings. The number of aryl methyl sites for hydroxylation is 1. The van der Waals surface area contributed by atoms with E-state index in [1.54, 1.807) is 11.3 Å². The summed E-state index contributed by atoms with van der Waals surface area (Å²) < 4.78 is 0. The van der Waals surface area contributed by atoms with E-state index in [-0.39, 0.29) is 43.7 Å². The fraction of sp³-hybridized carbons (Fsp3) is 0.581. The Morgan fingerprint density at radius 1 is 1.05 bits per heavy atom. The Kier molecular flexibility index (Phi) is 11.6. The number of likely N-dealkylation sites (tertiary alicyclic amines) is 1. The molecule has 4 atom stereocenters. The fourth-order valence-corrected chi connectivity index (χ4v) is 5.98. The van der Waals surface area contributed by atoms with Gasteiger partial charge in [0.05, 0.1) is 28.2 Å². The van der Waals surface area contributed by atoms with Crippen LogP contribution in [-0.4, -0.2) is 68.5 Å². The number of nitrogens with zero attached hydrogens (tertiary/aromatic N) is 2. The third-order valence-electron chi connectivity index (χ3n) is 7.60. The molecule has 0 aliphatic carbocycles. The van der Waals surface area contributed by atoms with Crippen molar-refractivity contribution in [3.05, 3.63) is 41.0 Å². The number of unbranched alkanes of at least 4 members (excludes halogenated alkanes) is 3. The number of aliphatic hydroxyl groups excluding tert-OH is 1. The second kappa shape index (κ2) is 14.7. The van der Waals surface area contributed by atoms with Crippen molar-refractivity contribution in [1.29, 1.82) is 0 Å². The van der Waals surface area contributed by atoms with Gasteiger partial charge < -0.3 is 25.7 Å². The van der Waals surface area contributed by atoms with E-state index in [0.717, 1.165) is 34.5 Å². The quantitative estimate of drug-likeness (QED) is 0.252. The summed E-state index contributed by atoms with van der Waals surface area (Å²) in [4.78, 5) is 57.4. The van der Waals surface area contributed by atoms with Gasteiger partial charge in [-0.25, -0.2) is 4.98 Å². The lowest BCUT2D eigenvalue weighted by atomic mass is 9.85. The van der Waals surface area contributed by atoms with E-state index >= 15 is 0 Å². The number of benzene rings is 1. The maximum Gasteiger partial charge on any atom is 0.303 e. The number of aliphatic hydroxyl groups is 1. The van der Waals surface area contributed by atoms with Gasteiger partial charge in [-0.3, -0.25) is 19.2 Å². The maximum absolute atomic E-state index is 13.8. The molecule has 0 saturated carbocycles. The molecule has 2 aromatic rings. The van der Waals surface area contributed by atoms with Gasteiger partial charge in [0, 0.05) is 25.8 Å². The number of aliphatic carboxylic acids is 1. The monoisotopic (exact) mass is 600 g/mol. The van der Waals surface area contributed by atoms with E-state index in [2.05, 4.69) is 15.6 Å². The summed E-state index contributed by atoms with van der Waals surface area (Å²) in [5.41, 5.74) is 4.12.